The third-order valence-corrected chi connectivity index (χ3v) is 3.36. The number of hydrogen-bond acceptors (Lipinski definition) is 4. The summed E-state index contributed by atoms with van der Waals surface area (Å²) in [6, 6.07) is 8.14. The Morgan fingerprint density at radius 3 is 2.77 bits per heavy atom. The summed E-state index contributed by atoms with van der Waals surface area (Å²) in [6.07, 6.45) is 0.754. The molecule has 0 fully saturated rings. The Labute approximate surface area is 128 Å². The first-order chi connectivity index (χ1) is 10.4. The van der Waals surface area contributed by atoms with Crippen LogP contribution in [0, 0.1) is 6.92 Å². The molecule has 0 aliphatic carbocycles. The summed E-state index contributed by atoms with van der Waals surface area (Å²) in [5.74, 6) is -0.928. The molecular formula is C16H19N3O3. The molecule has 6 nitrogen and oxygen atoms in total. The van der Waals surface area contributed by atoms with E-state index in [0.717, 1.165) is 22.7 Å². The third kappa shape index (κ3) is 3.33. The molecule has 1 aromatic carbocycles. The molecule has 0 bridgehead atoms. The Hall–Kier alpha value is -2.63. The van der Waals surface area contributed by atoms with E-state index in [-0.39, 0.29) is 11.7 Å². The first-order valence-electron chi connectivity index (χ1n) is 7.13. The molecule has 1 heterocycles. The molecule has 2 rings (SSSR count). The van der Waals surface area contributed by atoms with Crippen LogP contribution in [0.2, 0.25) is 0 Å². The molecule has 0 aliphatic rings. The fraction of sp³-hybridized carbons (Fsp3) is 0.312. The number of carbonyl (C=O) groups is 1. The van der Waals surface area contributed by atoms with Crippen molar-refractivity contribution in [1.82, 2.24) is 15.1 Å². The van der Waals surface area contributed by atoms with Gasteiger partial charge in [0, 0.05) is 12.1 Å². The van der Waals surface area contributed by atoms with Crippen LogP contribution in [0.3, 0.4) is 0 Å². The van der Waals surface area contributed by atoms with Gasteiger partial charge in [0.15, 0.2) is 11.4 Å². The van der Waals surface area contributed by atoms with E-state index in [2.05, 4.69) is 10.4 Å². The SMILES string of the molecule is CCC(C)NC(=O)c1nn(-c2cccc(C)c2)c(=O)cc1O. The van der Waals surface area contributed by atoms with Gasteiger partial charge in [-0.1, -0.05) is 19.1 Å². The van der Waals surface area contributed by atoms with E-state index >= 15 is 0 Å². The maximum atomic E-state index is 12.1. The van der Waals surface area contributed by atoms with Crippen LogP contribution in [-0.2, 0) is 0 Å². The molecule has 0 radical (unpaired) electrons. The van der Waals surface area contributed by atoms with Crippen LogP contribution in [0.25, 0.3) is 5.69 Å². The smallest absolute Gasteiger partial charge is 0.275 e. The van der Waals surface area contributed by atoms with Gasteiger partial charge in [-0.05, 0) is 38.0 Å². The predicted octanol–water partition coefficient (Wildman–Crippen LogP) is 1.77. The molecule has 116 valence electrons. The molecule has 1 aromatic heterocycles. The number of rotatable bonds is 4. The number of nitrogens with zero attached hydrogens (tertiary/aromatic N) is 2. The second kappa shape index (κ2) is 6.43. The van der Waals surface area contributed by atoms with Gasteiger partial charge in [-0.2, -0.15) is 9.78 Å². The van der Waals surface area contributed by atoms with Gasteiger partial charge < -0.3 is 10.4 Å². The minimum Gasteiger partial charge on any atom is -0.505 e. The lowest BCUT2D eigenvalue weighted by Crippen LogP contribution is -2.34. The molecule has 0 saturated carbocycles. The summed E-state index contributed by atoms with van der Waals surface area (Å²) >= 11 is 0. The van der Waals surface area contributed by atoms with Gasteiger partial charge in [0.25, 0.3) is 11.5 Å². The van der Waals surface area contributed by atoms with Crippen molar-refractivity contribution in [3.8, 4) is 11.4 Å². The van der Waals surface area contributed by atoms with E-state index in [9.17, 15) is 14.7 Å². The Kier molecular flexibility index (Phi) is 4.60. The van der Waals surface area contributed by atoms with Crippen molar-refractivity contribution in [1.29, 1.82) is 0 Å². The van der Waals surface area contributed by atoms with Crippen molar-refractivity contribution < 1.29 is 9.90 Å². The van der Waals surface area contributed by atoms with Crippen LogP contribution >= 0.6 is 0 Å². The van der Waals surface area contributed by atoms with Crippen LogP contribution in [0.1, 0.15) is 36.3 Å². The first kappa shape index (κ1) is 15.8. The average Bonchev–Trinajstić information content (AvgIpc) is 2.46. The highest BCUT2D eigenvalue weighted by molar-refractivity contribution is 5.94. The number of hydrogen-bond donors (Lipinski definition) is 2. The van der Waals surface area contributed by atoms with E-state index in [0.29, 0.717) is 5.69 Å². The highest BCUT2D eigenvalue weighted by Crippen LogP contribution is 2.13. The van der Waals surface area contributed by atoms with Crippen molar-refractivity contribution in [2.24, 2.45) is 0 Å². The van der Waals surface area contributed by atoms with Gasteiger partial charge in [-0.3, -0.25) is 9.59 Å². The van der Waals surface area contributed by atoms with Crippen molar-refractivity contribution in [3.63, 3.8) is 0 Å². The minimum atomic E-state index is -0.506. The molecule has 0 aliphatic heterocycles. The average molecular weight is 301 g/mol. The van der Waals surface area contributed by atoms with Crippen LogP contribution < -0.4 is 10.9 Å². The summed E-state index contributed by atoms with van der Waals surface area (Å²) in [4.78, 5) is 24.2. The Balaban J connectivity index is 2.47. The topological polar surface area (TPSA) is 84.2 Å². The molecule has 0 saturated heterocycles. The molecule has 1 amide bonds. The van der Waals surface area contributed by atoms with Crippen LogP contribution in [0.4, 0.5) is 0 Å². The van der Waals surface area contributed by atoms with Crippen LogP contribution in [-0.4, -0.2) is 26.8 Å². The van der Waals surface area contributed by atoms with Crippen molar-refractivity contribution in [3.05, 3.63) is 51.9 Å². The van der Waals surface area contributed by atoms with Crippen LogP contribution in [0.5, 0.6) is 5.75 Å². The van der Waals surface area contributed by atoms with E-state index in [1.807, 2.05) is 26.8 Å². The van der Waals surface area contributed by atoms with Gasteiger partial charge in [-0.15, -0.1) is 0 Å². The first-order valence-corrected chi connectivity index (χ1v) is 7.13. The summed E-state index contributed by atoms with van der Waals surface area (Å²) in [5.41, 5.74) is 0.845. The Morgan fingerprint density at radius 2 is 2.14 bits per heavy atom. The monoisotopic (exact) mass is 301 g/mol. The number of amides is 1. The van der Waals surface area contributed by atoms with Gasteiger partial charge in [0.1, 0.15) is 0 Å². The van der Waals surface area contributed by atoms with E-state index in [1.54, 1.807) is 18.2 Å². The highest BCUT2D eigenvalue weighted by atomic mass is 16.3. The Morgan fingerprint density at radius 1 is 1.41 bits per heavy atom. The third-order valence-electron chi connectivity index (χ3n) is 3.36. The maximum Gasteiger partial charge on any atom is 0.275 e. The normalized spacial score (nSPS) is 12.0. The van der Waals surface area contributed by atoms with Crippen molar-refractivity contribution >= 4 is 5.91 Å². The molecule has 2 N–H and O–H groups in total. The molecular weight excluding hydrogens is 282 g/mol. The van der Waals surface area contributed by atoms with E-state index in [4.69, 9.17) is 0 Å². The molecule has 0 spiro atoms. The maximum absolute atomic E-state index is 12.1. The van der Waals surface area contributed by atoms with E-state index < -0.39 is 17.2 Å². The van der Waals surface area contributed by atoms with Crippen LogP contribution in [0.15, 0.2) is 35.1 Å². The Bertz CT molecular complexity index is 753. The second-order valence-corrected chi connectivity index (χ2v) is 5.25. The summed E-state index contributed by atoms with van der Waals surface area (Å²) in [7, 11) is 0. The molecule has 1 unspecified atom stereocenters. The highest BCUT2D eigenvalue weighted by Gasteiger charge is 2.18. The lowest BCUT2D eigenvalue weighted by molar-refractivity contribution is 0.0929. The van der Waals surface area contributed by atoms with Gasteiger partial charge in [0.05, 0.1) is 5.69 Å². The number of nitrogens with one attached hydrogen (secondary N) is 1. The fourth-order valence-corrected chi connectivity index (χ4v) is 1.95. The lowest BCUT2D eigenvalue weighted by Gasteiger charge is -2.13. The molecule has 22 heavy (non-hydrogen) atoms. The standard InChI is InChI=1S/C16H19N3O3/c1-4-11(3)17-16(22)15-13(20)9-14(21)19(18-15)12-7-5-6-10(2)8-12/h5-9,11,20H,4H2,1-3H3,(H,17,22). The largest absolute Gasteiger partial charge is 0.505 e. The molecule has 2 aromatic rings. The summed E-state index contributed by atoms with van der Waals surface area (Å²) in [5, 5.41) is 16.6. The van der Waals surface area contributed by atoms with E-state index in [1.165, 1.54) is 0 Å². The lowest BCUT2D eigenvalue weighted by atomic mass is 10.2. The summed E-state index contributed by atoms with van der Waals surface area (Å²) in [6.45, 7) is 5.68. The number of aryl methyl sites for hydroxylation is 1. The van der Waals surface area contributed by atoms with Gasteiger partial charge in [0.2, 0.25) is 0 Å². The zero-order valence-corrected chi connectivity index (χ0v) is 12.8. The van der Waals surface area contributed by atoms with Crippen molar-refractivity contribution in [2.75, 3.05) is 0 Å². The molecule has 6 heteroatoms. The zero-order chi connectivity index (χ0) is 16.3. The van der Waals surface area contributed by atoms with Gasteiger partial charge >= 0.3 is 0 Å². The zero-order valence-electron chi connectivity index (χ0n) is 12.8. The quantitative estimate of drug-likeness (QED) is 0.901. The van der Waals surface area contributed by atoms with Crippen molar-refractivity contribution in [2.45, 2.75) is 33.2 Å². The number of benzene rings is 1. The fourth-order valence-electron chi connectivity index (χ4n) is 1.95. The van der Waals surface area contributed by atoms with Gasteiger partial charge in [-0.25, -0.2) is 0 Å². The number of aromatic nitrogens is 2. The number of aromatic hydroxyl groups is 1. The number of carbonyl (C=O) groups excluding carboxylic acids is 1. The second-order valence-electron chi connectivity index (χ2n) is 5.25. The molecule has 1 atom stereocenters. The predicted molar refractivity (Wildman–Crippen MR) is 83.5 cm³/mol. The summed E-state index contributed by atoms with van der Waals surface area (Å²) < 4.78 is 1.11. The minimum absolute atomic E-state index is 0.0481.